The predicted octanol–water partition coefficient (Wildman–Crippen LogP) is -0.255. The van der Waals surface area contributed by atoms with E-state index in [1.807, 2.05) is 0 Å². The maximum atomic E-state index is 11.9. The molecule has 0 aliphatic heterocycles. The predicted molar refractivity (Wildman–Crippen MR) is 80.7 cm³/mol. The van der Waals surface area contributed by atoms with E-state index in [1.54, 1.807) is 0 Å². The van der Waals surface area contributed by atoms with Crippen LogP contribution in [0.15, 0.2) is 11.1 Å². The Morgan fingerprint density at radius 2 is 1.30 bits per heavy atom. The lowest BCUT2D eigenvalue weighted by Crippen LogP contribution is -2.42. The highest BCUT2D eigenvalue weighted by atomic mass is 16.4. The van der Waals surface area contributed by atoms with Crippen LogP contribution in [0.1, 0.15) is 39.5 Å². The number of aliphatic carboxylic acids is 2. The van der Waals surface area contributed by atoms with Gasteiger partial charge in [0.25, 0.3) is 0 Å². The van der Waals surface area contributed by atoms with Gasteiger partial charge in [0.05, 0.1) is 17.8 Å². The second-order valence-corrected chi connectivity index (χ2v) is 5.72. The first-order valence-electron chi connectivity index (χ1n) is 7.39. The van der Waals surface area contributed by atoms with Crippen LogP contribution in [0.5, 0.6) is 0 Å². The van der Waals surface area contributed by atoms with Gasteiger partial charge in [-0.3, -0.25) is 4.79 Å². The van der Waals surface area contributed by atoms with Gasteiger partial charge < -0.3 is 30.6 Å². The Hall–Kier alpha value is -1.48. The lowest BCUT2D eigenvalue weighted by molar-refractivity contribution is -0.153. The van der Waals surface area contributed by atoms with E-state index < -0.39 is 61.2 Å². The lowest BCUT2D eigenvalue weighted by Gasteiger charge is -2.34. The minimum Gasteiger partial charge on any atom is -0.481 e. The topological polar surface area (TPSA) is 156 Å². The van der Waals surface area contributed by atoms with E-state index in [1.165, 1.54) is 13.8 Å². The number of carboxylic acids is 2. The number of rotatable bonds is 11. The second-order valence-electron chi connectivity index (χ2n) is 5.72. The fraction of sp³-hybridized carbons (Fsp3) is 0.733. The SMILES string of the molecule is CC(O)CC(CC(C)O)(C(=O)O)C(C(=O)O)=C(CCO)CCO. The van der Waals surface area contributed by atoms with Crippen LogP contribution in [0.3, 0.4) is 0 Å². The summed E-state index contributed by atoms with van der Waals surface area (Å²) in [7, 11) is 0. The highest BCUT2D eigenvalue weighted by molar-refractivity contribution is 5.97. The van der Waals surface area contributed by atoms with E-state index in [4.69, 9.17) is 10.2 Å². The standard InChI is InChI=1S/C15H26O8/c1-9(18)7-15(14(22)23,8-10(2)19)12(13(20)21)11(3-5-16)4-6-17/h9-10,16-19H,3-8H2,1-2H3,(H,20,21)(H,22,23). The van der Waals surface area contributed by atoms with Crippen molar-refractivity contribution in [3.63, 3.8) is 0 Å². The smallest absolute Gasteiger partial charge is 0.332 e. The van der Waals surface area contributed by atoms with Crippen molar-refractivity contribution < 1.29 is 40.2 Å². The van der Waals surface area contributed by atoms with E-state index in [0.717, 1.165) is 0 Å². The average molecular weight is 334 g/mol. The van der Waals surface area contributed by atoms with Crippen LogP contribution < -0.4 is 0 Å². The minimum absolute atomic E-state index is 0.0891. The highest BCUT2D eigenvalue weighted by Gasteiger charge is 2.48. The molecular weight excluding hydrogens is 308 g/mol. The molecule has 2 atom stereocenters. The largest absolute Gasteiger partial charge is 0.481 e. The van der Waals surface area contributed by atoms with E-state index >= 15 is 0 Å². The molecule has 6 N–H and O–H groups in total. The van der Waals surface area contributed by atoms with Gasteiger partial charge in [-0.15, -0.1) is 0 Å². The van der Waals surface area contributed by atoms with Gasteiger partial charge in [0, 0.05) is 13.2 Å². The van der Waals surface area contributed by atoms with E-state index in [9.17, 15) is 30.0 Å². The quantitative estimate of drug-likeness (QED) is 0.282. The third-order valence-corrected chi connectivity index (χ3v) is 3.57. The van der Waals surface area contributed by atoms with Crippen LogP contribution in [-0.2, 0) is 9.59 Å². The number of aliphatic hydroxyl groups excluding tert-OH is 4. The summed E-state index contributed by atoms with van der Waals surface area (Å²) in [6.45, 7) is 1.84. The van der Waals surface area contributed by atoms with Gasteiger partial charge in [0.1, 0.15) is 5.41 Å². The van der Waals surface area contributed by atoms with Crippen LogP contribution in [0.2, 0.25) is 0 Å². The van der Waals surface area contributed by atoms with Gasteiger partial charge in [0.15, 0.2) is 0 Å². The van der Waals surface area contributed by atoms with Gasteiger partial charge in [0.2, 0.25) is 0 Å². The van der Waals surface area contributed by atoms with Crippen molar-refractivity contribution in [3.8, 4) is 0 Å². The highest BCUT2D eigenvalue weighted by Crippen LogP contribution is 2.41. The molecule has 0 radical (unpaired) electrons. The fourth-order valence-electron chi connectivity index (χ4n) is 2.92. The van der Waals surface area contributed by atoms with Crippen LogP contribution >= 0.6 is 0 Å². The van der Waals surface area contributed by atoms with Gasteiger partial charge in [-0.1, -0.05) is 5.57 Å². The van der Waals surface area contributed by atoms with Gasteiger partial charge in [-0.25, -0.2) is 4.79 Å². The van der Waals surface area contributed by atoms with Crippen molar-refractivity contribution in [1.82, 2.24) is 0 Å². The molecular formula is C15H26O8. The Morgan fingerprint density at radius 1 is 0.913 bits per heavy atom. The monoisotopic (exact) mass is 334 g/mol. The molecule has 0 saturated carbocycles. The van der Waals surface area contributed by atoms with Crippen LogP contribution in [0, 0.1) is 5.41 Å². The molecule has 0 aromatic heterocycles. The summed E-state index contributed by atoms with van der Waals surface area (Å²) in [4.78, 5) is 23.7. The summed E-state index contributed by atoms with van der Waals surface area (Å²) < 4.78 is 0. The third-order valence-electron chi connectivity index (χ3n) is 3.57. The Bertz CT molecular complexity index is 421. The van der Waals surface area contributed by atoms with Crippen LogP contribution in [0.25, 0.3) is 0 Å². The molecule has 8 nitrogen and oxygen atoms in total. The van der Waals surface area contributed by atoms with Crippen molar-refractivity contribution in [3.05, 3.63) is 11.1 Å². The molecule has 0 heterocycles. The molecule has 0 aliphatic carbocycles. The van der Waals surface area contributed by atoms with Gasteiger partial charge >= 0.3 is 11.9 Å². The second kappa shape index (κ2) is 9.61. The minimum atomic E-state index is -2.02. The molecule has 0 rings (SSSR count). The first kappa shape index (κ1) is 21.5. The fourth-order valence-corrected chi connectivity index (χ4v) is 2.92. The van der Waals surface area contributed by atoms with E-state index in [-0.39, 0.29) is 18.4 Å². The number of aliphatic hydroxyl groups is 4. The Labute approximate surface area is 134 Å². The molecule has 0 saturated heterocycles. The zero-order chi connectivity index (χ0) is 18.2. The molecule has 134 valence electrons. The Balaban J connectivity index is 6.45. The maximum absolute atomic E-state index is 11.9. The number of hydrogen-bond acceptors (Lipinski definition) is 6. The molecule has 23 heavy (non-hydrogen) atoms. The first-order valence-corrected chi connectivity index (χ1v) is 7.39. The number of carboxylic acid groups (broad SMARTS) is 2. The van der Waals surface area contributed by atoms with Crippen molar-refractivity contribution in [2.45, 2.75) is 51.7 Å². The summed E-state index contributed by atoms with van der Waals surface area (Å²) in [5, 5.41) is 56.8. The molecule has 0 spiro atoms. The van der Waals surface area contributed by atoms with E-state index in [2.05, 4.69) is 0 Å². The number of carbonyl (C=O) groups is 2. The molecule has 0 aliphatic rings. The molecule has 0 fully saturated rings. The van der Waals surface area contributed by atoms with E-state index in [0.29, 0.717) is 0 Å². The Morgan fingerprint density at radius 3 is 1.52 bits per heavy atom. The first-order chi connectivity index (χ1) is 10.6. The zero-order valence-electron chi connectivity index (χ0n) is 13.4. The van der Waals surface area contributed by atoms with Gasteiger partial charge in [-0.2, -0.15) is 0 Å². The summed E-state index contributed by atoms with van der Waals surface area (Å²) >= 11 is 0. The number of hydrogen-bond donors (Lipinski definition) is 6. The van der Waals surface area contributed by atoms with Crippen LogP contribution in [-0.4, -0.2) is 68.0 Å². The molecule has 0 amide bonds. The van der Waals surface area contributed by atoms with Gasteiger partial charge in [-0.05, 0) is 39.5 Å². The third kappa shape index (κ3) is 5.91. The molecule has 8 heteroatoms. The average Bonchev–Trinajstić information content (AvgIpc) is 2.36. The van der Waals surface area contributed by atoms with Crippen LogP contribution in [0.4, 0.5) is 0 Å². The van der Waals surface area contributed by atoms with Crippen molar-refractivity contribution in [2.24, 2.45) is 5.41 Å². The van der Waals surface area contributed by atoms with Crippen molar-refractivity contribution >= 4 is 11.9 Å². The zero-order valence-corrected chi connectivity index (χ0v) is 13.4. The molecule has 0 aromatic rings. The lowest BCUT2D eigenvalue weighted by atomic mass is 9.69. The summed E-state index contributed by atoms with van der Waals surface area (Å²) in [6.07, 6.45) is -3.29. The maximum Gasteiger partial charge on any atom is 0.332 e. The van der Waals surface area contributed by atoms with Crippen molar-refractivity contribution in [1.29, 1.82) is 0 Å². The molecule has 0 bridgehead atoms. The Kier molecular flexibility index (Phi) is 8.99. The summed E-state index contributed by atoms with van der Waals surface area (Å²) in [6, 6.07) is 0. The summed E-state index contributed by atoms with van der Waals surface area (Å²) in [5.41, 5.74) is -2.42. The molecule has 0 aromatic carbocycles. The van der Waals surface area contributed by atoms with Crippen molar-refractivity contribution in [2.75, 3.05) is 13.2 Å². The normalized spacial score (nSPS) is 16.3. The summed E-state index contributed by atoms with van der Waals surface area (Å²) in [5.74, 6) is -2.99. The molecule has 2 unspecified atom stereocenters.